The quantitative estimate of drug-likeness (QED) is 0.392. The summed E-state index contributed by atoms with van der Waals surface area (Å²) in [5.41, 5.74) is 8.60. The van der Waals surface area contributed by atoms with Crippen LogP contribution in [-0.2, 0) is 0 Å². The van der Waals surface area contributed by atoms with Gasteiger partial charge in [0, 0.05) is 11.1 Å². The molecule has 0 saturated heterocycles. The van der Waals surface area contributed by atoms with Crippen LogP contribution in [0, 0.1) is 0 Å². The number of nitrogens with zero attached hydrogens (tertiary/aromatic N) is 2. The highest BCUT2D eigenvalue weighted by atomic mass is 16.1. The van der Waals surface area contributed by atoms with Crippen molar-refractivity contribution < 1.29 is 9.59 Å². The summed E-state index contributed by atoms with van der Waals surface area (Å²) in [6, 6.07) is 13.9. The van der Waals surface area contributed by atoms with Crippen LogP contribution in [0.1, 0.15) is 34.6 Å². The number of benzene rings is 2. The van der Waals surface area contributed by atoms with E-state index in [0.717, 1.165) is 23.9 Å². The maximum absolute atomic E-state index is 10.6. The molecule has 0 heterocycles. The van der Waals surface area contributed by atoms with E-state index >= 15 is 0 Å². The van der Waals surface area contributed by atoms with Crippen molar-refractivity contribution in [1.82, 2.24) is 10.9 Å². The van der Waals surface area contributed by atoms with Crippen molar-refractivity contribution in [3.8, 4) is 0 Å². The second-order valence-electron chi connectivity index (χ2n) is 5.06. The van der Waals surface area contributed by atoms with Gasteiger partial charge in [-0.3, -0.25) is 20.4 Å². The van der Waals surface area contributed by atoms with E-state index in [-0.39, 0.29) is 0 Å². The first-order chi connectivity index (χ1) is 11.6. The first-order valence-corrected chi connectivity index (χ1v) is 7.34. The maximum Gasteiger partial charge on any atom is 0.150 e. The SMILES string of the molecule is CC(=Nc1ccc(C=O)cc1)NNC(C)=Nc1ccc(C=O)cc1. The van der Waals surface area contributed by atoms with Crippen LogP contribution in [-0.4, -0.2) is 24.2 Å². The summed E-state index contributed by atoms with van der Waals surface area (Å²) in [7, 11) is 0. The van der Waals surface area contributed by atoms with Crippen LogP contribution in [0.3, 0.4) is 0 Å². The molecule has 0 spiro atoms. The van der Waals surface area contributed by atoms with Crippen LogP contribution in [0.4, 0.5) is 11.4 Å². The van der Waals surface area contributed by atoms with Crippen molar-refractivity contribution >= 4 is 35.6 Å². The molecule has 2 aromatic carbocycles. The molecule has 24 heavy (non-hydrogen) atoms. The lowest BCUT2D eigenvalue weighted by Crippen LogP contribution is -2.39. The minimum Gasteiger partial charge on any atom is -0.298 e. The third-order valence-corrected chi connectivity index (χ3v) is 3.08. The minimum absolute atomic E-state index is 0.612. The molecule has 0 saturated carbocycles. The van der Waals surface area contributed by atoms with Gasteiger partial charge in [0.1, 0.15) is 24.2 Å². The van der Waals surface area contributed by atoms with Gasteiger partial charge in [-0.15, -0.1) is 0 Å². The van der Waals surface area contributed by atoms with Crippen LogP contribution in [0.25, 0.3) is 0 Å². The van der Waals surface area contributed by atoms with Crippen LogP contribution >= 0.6 is 0 Å². The summed E-state index contributed by atoms with van der Waals surface area (Å²) in [5, 5.41) is 0. The van der Waals surface area contributed by atoms with Crippen LogP contribution in [0.15, 0.2) is 58.5 Å². The first kappa shape index (κ1) is 17.1. The van der Waals surface area contributed by atoms with E-state index < -0.39 is 0 Å². The normalized spacial score (nSPS) is 11.8. The van der Waals surface area contributed by atoms with Gasteiger partial charge >= 0.3 is 0 Å². The first-order valence-electron chi connectivity index (χ1n) is 7.34. The predicted molar refractivity (Wildman–Crippen MR) is 95.5 cm³/mol. The van der Waals surface area contributed by atoms with Gasteiger partial charge in [-0.1, -0.05) is 0 Å². The number of rotatable bonds is 4. The Bertz CT molecular complexity index is 695. The molecule has 0 aliphatic carbocycles. The summed E-state index contributed by atoms with van der Waals surface area (Å²) >= 11 is 0. The zero-order chi connectivity index (χ0) is 17.4. The smallest absolute Gasteiger partial charge is 0.150 e. The highest BCUT2D eigenvalue weighted by Gasteiger charge is 1.96. The number of aldehydes is 2. The van der Waals surface area contributed by atoms with Crippen molar-refractivity contribution in [3.63, 3.8) is 0 Å². The number of amidine groups is 2. The summed E-state index contributed by atoms with van der Waals surface area (Å²) < 4.78 is 0. The number of carbonyl (C=O) groups excluding carboxylic acids is 2. The zero-order valence-electron chi connectivity index (χ0n) is 13.5. The molecule has 2 N–H and O–H groups in total. The number of aliphatic imine (C=N–C) groups is 2. The van der Waals surface area contributed by atoms with Crippen LogP contribution in [0.5, 0.6) is 0 Å². The third kappa shape index (κ3) is 5.17. The molecule has 0 fully saturated rings. The van der Waals surface area contributed by atoms with E-state index in [9.17, 15) is 9.59 Å². The molecule has 0 aromatic heterocycles. The molecule has 2 rings (SSSR count). The van der Waals surface area contributed by atoms with Gasteiger partial charge in [0.2, 0.25) is 0 Å². The molecular formula is C18H18N4O2. The van der Waals surface area contributed by atoms with E-state index in [0.29, 0.717) is 22.8 Å². The van der Waals surface area contributed by atoms with Gasteiger partial charge in [0.15, 0.2) is 0 Å². The Kier molecular flexibility index (Phi) is 5.96. The topological polar surface area (TPSA) is 82.9 Å². The van der Waals surface area contributed by atoms with Gasteiger partial charge in [-0.25, -0.2) is 9.98 Å². The molecule has 0 aliphatic heterocycles. The number of carbonyl (C=O) groups is 2. The largest absolute Gasteiger partial charge is 0.298 e. The molecule has 0 atom stereocenters. The highest BCUT2D eigenvalue weighted by molar-refractivity contribution is 5.88. The lowest BCUT2D eigenvalue weighted by Gasteiger charge is -2.09. The zero-order valence-corrected chi connectivity index (χ0v) is 13.5. The van der Waals surface area contributed by atoms with E-state index in [1.54, 1.807) is 48.5 Å². The Morgan fingerprint density at radius 1 is 0.708 bits per heavy atom. The molecule has 0 bridgehead atoms. The fourth-order valence-corrected chi connectivity index (χ4v) is 1.88. The van der Waals surface area contributed by atoms with Gasteiger partial charge in [0.05, 0.1) is 11.4 Å². The fraction of sp³-hybridized carbons (Fsp3) is 0.111. The molecule has 0 radical (unpaired) electrons. The van der Waals surface area contributed by atoms with Gasteiger partial charge in [-0.2, -0.15) is 0 Å². The second kappa shape index (κ2) is 8.38. The summed E-state index contributed by atoms with van der Waals surface area (Å²) in [6.07, 6.45) is 1.59. The average molecular weight is 322 g/mol. The molecule has 6 heteroatoms. The average Bonchev–Trinajstić information content (AvgIpc) is 2.61. The molecule has 122 valence electrons. The maximum atomic E-state index is 10.6. The summed E-state index contributed by atoms with van der Waals surface area (Å²) in [5.74, 6) is 1.31. The Morgan fingerprint density at radius 3 is 1.33 bits per heavy atom. The van der Waals surface area contributed by atoms with Gasteiger partial charge in [0.25, 0.3) is 0 Å². The van der Waals surface area contributed by atoms with Crippen molar-refractivity contribution in [2.24, 2.45) is 9.98 Å². The van der Waals surface area contributed by atoms with Crippen molar-refractivity contribution in [2.45, 2.75) is 13.8 Å². The molecular weight excluding hydrogens is 304 g/mol. The summed E-state index contributed by atoms with van der Waals surface area (Å²) in [4.78, 5) is 30.0. The van der Waals surface area contributed by atoms with E-state index in [1.807, 2.05) is 13.8 Å². The predicted octanol–water partition coefficient (Wildman–Crippen LogP) is 3.21. The Morgan fingerprint density at radius 2 is 1.04 bits per heavy atom. The number of hydrogen-bond donors (Lipinski definition) is 2. The molecule has 0 aliphatic rings. The van der Waals surface area contributed by atoms with E-state index in [2.05, 4.69) is 20.8 Å². The van der Waals surface area contributed by atoms with Crippen molar-refractivity contribution in [3.05, 3.63) is 59.7 Å². The molecule has 0 amide bonds. The van der Waals surface area contributed by atoms with Crippen LogP contribution in [0.2, 0.25) is 0 Å². The number of hydrazine groups is 1. The number of hydrogen-bond acceptors (Lipinski definition) is 4. The van der Waals surface area contributed by atoms with Crippen molar-refractivity contribution in [2.75, 3.05) is 0 Å². The highest BCUT2D eigenvalue weighted by Crippen LogP contribution is 2.13. The monoisotopic (exact) mass is 322 g/mol. The lowest BCUT2D eigenvalue weighted by atomic mass is 10.2. The number of nitrogens with one attached hydrogen (secondary N) is 2. The fourth-order valence-electron chi connectivity index (χ4n) is 1.88. The summed E-state index contributed by atoms with van der Waals surface area (Å²) in [6.45, 7) is 3.62. The van der Waals surface area contributed by atoms with Crippen molar-refractivity contribution in [1.29, 1.82) is 0 Å². The third-order valence-electron chi connectivity index (χ3n) is 3.08. The van der Waals surface area contributed by atoms with E-state index in [1.165, 1.54) is 0 Å². The Labute approximate surface area is 140 Å². The van der Waals surface area contributed by atoms with Gasteiger partial charge < -0.3 is 0 Å². The molecule has 2 aromatic rings. The standard InChI is InChI=1S/C18H18N4O2/c1-13(19-17-7-3-15(11-23)4-8-17)21-22-14(2)20-18-9-5-16(12-24)6-10-18/h3-12H,1-2H3,(H,19,21)(H,20,22). The van der Waals surface area contributed by atoms with Crippen LogP contribution < -0.4 is 10.9 Å². The lowest BCUT2D eigenvalue weighted by molar-refractivity contribution is 0.111. The Balaban J connectivity index is 1.94. The molecule has 6 nitrogen and oxygen atoms in total. The Hall–Kier alpha value is -3.28. The molecule has 0 unspecified atom stereocenters. The van der Waals surface area contributed by atoms with E-state index in [4.69, 9.17) is 0 Å². The van der Waals surface area contributed by atoms with Gasteiger partial charge in [-0.05, 0) is 62.4 Å². The second-order valence-corrected chi connectivity index (χ2v) is 5.06. The minimum atomic E-state index is 0.612.